The van der Waals surface area contributed by atoms with Gasteiger partial charge in [-0.3, -0.25) is 9.78 Å². The summed E-state index contributed by atoms with van der Waals surface area (Å²) in [7, 11) is 0. The Hall–Kier alpha value is -2.82. The summed E-state index contributed by atoms with van der Waals surface area (Å²) in [5, 5.41) is 4.14. The molecule has 3 aromatic rings. The van der Waals surface area contributed by atoms with E-state index in [0.717, 1.165) is 55.8 Å². The van der Waals surface area contributed by atoms with Crippen LogP contribution in [0.3, 0.4) is 0 Å². The Bertz CT molecular complexity index is 1100. The van der Waals surface area contributed by atoms with Crippen LogP contribution in [0.25, 0.3) is 10.9 Å². The molecule has 1 heterocycles. The highest BCUT2D eigenvalue weighted by atomic mass is 19.1. The predicted octanol–water partition coefficient (Wildman–Crippen LogP) is 6.14. The normalized spacial score (nSPS) is 22.3. The van der Waals surface area contributed by atoms with Crippen LogP contribution < -0.4 is 5.32 Å². The summed E-state index contributed by atoms with van der Waals surface area (Å²) in [6.45, 7) is 0. The number of fused-ring (bicyclic) bond motifs is 1. The number of amides is 1. The van der Waals surface area contributed by atoms with Crippen molar-refractivity contribution in [3.05, 3.63) is 77.5 Å². The van der Waals surface area contributed by atoms with Gasteiger partial charge < -0.3 is 5.32 Å². The van der Waals surface area contributed by atoms with Gasteiger partial charge in [-0.15, -0.1) is 0 Å². The van der Waals surface area contributed by atoms with Crippen molar-refractivity contribution in [2.24, 2.45) is 5.92 Å². The van der Waals surface area contributed by atoms with E-state index in [1.807, 2.05) is 12.3 Å². The molecule has 5 rings (SSSR count). The first kappa shape index (κ1) is 20.1. The third kappa shape index (κ3) is 4.32. The molecule has 3 nitrogen and oxygen atoms in total. The van der Waals surface area contributed by atoms with Crippen molar-refractivity contribution in [3.63, 3.8) is 0 Å². The maximum atomic E-state index is 13.8. The molecule has 2 aliphatic carbocycles. The lowest BCUT2D eigenvalue weighted by atomic mass is 9.75. The van der Waals surface area contributed by atoms with Crippen molar-refractivity contribution in [2.75, 3.05) is 0 Å². The minimum atomic E-state index is -0.334. The molecular formula is C26H26F2N2O. The van der Waals surface area contributed by atoms with E-state index in [0.29, 0.717) is 17.4 Å². The summed E-state index contributed by atoms with van der Waals surface area (Å²) in [6, 6.07) is 12.6. The molecule has 1 N–H and O–H groups in total. The topological polar surface area (TPSA) is 42.0 Å². The summed E-state index contributed by atoms with van der Waals surface area (Å²) < 4.78 is 26.9. The summed E-state index contributed by atoms with van der Waals surface area (Å²) in [4.78, 5) is 17.0. The fourth-order valence-electron chi connectivity index (χ4n) is 5.17. The summed E-state index contributed by atoms with van der Waals surface area (Å²) >= 11 is 0. The van der Waals surface area contributed by atoms with Crippen molar-refractivity contribution in [2.45, 2.75) is 56.4 Å². The number of nitrogens with zero attached hydrogens (tertiary/aromatic N) is 1. The second kappa shape index (κ2) is 8.03. The fraction of sp³-hybridized carbons (Fsp3) is 0.385. The summed E-state index contributed by atoms with van der Waals surface area (Å²) in [5.41, 5.74) is 2.46. The molecular weight excluding hydrogens is 394 g/mol. The van der Waals surface area contributed by atoms with E-state index in [1.54, 1.807) is 12.1 Å². The van der Waals surface area contributed by atoms with E-state index in [2.05, 4.69) is 10.3 Å². The highest BCUT2D eigenvalue weighted by Gasteiger charge is 2.45. The molecule has 0 bridgehead atoms. The average molecular weight is 421 g/mol. The van der Waals surface area contributed by atoms with Crippen molar-refractivity contribution in [3.8, 4) is 0 Å². The lowest BCUT2D eigenvalue weighted by molar-refractivity contribution is 0.0921. The van der Waals surface area contributed by atoms with Gasteiger partial charge in [-0.05, 0) is 111 Å². The van der Waals surface area contributed by atoms with Crippen LogP contribution in [0.15, 0.2) is 54.7 Å². The van der Waals surface area contributed by atoms with Gasteiger partial charge in [0.15, 0.2) is 0 Å². The zero-order valence-corrected chi connectivity index (χ0v) is 17.4. The van der Waals surface area contributed by atoms with Gasteiger partial charge in [0.25, 0.3) is 5.91 Å². The van der Waals surface area contributed by atoms with Crippen LogP contribution in [0, 0.1) is 17.6 Å². The molecule has 2 fully saturated rings. The van der Waals surface area contributed by atoms with E-state index in [-0.39, 0.29) is 23.1 Å². The molecule has 2 aliphatic rings. The zero-order chi connectivity index (χ0) is 21.4. The Kier molecular flexibility index (Phi) is 5.20. The van der Waals surface area contributed by atoms with Gasteiger partial charge in [-0.25, -0.2) is 8.78 Å². The Morgan fingerprint density at radius 2 is 1.68 bits per heavy atom. The number of carbonyl (C=O) groups is 1. The van der Waals surface area contributed by atoms with Crippen LogP contribution in [-0.2, 0) is 0 Å². The van der Waals surface area contributed by atoms with Crippen molar-refractivity contribution in [1.29, 1.82) is 0 Å². The number of rotatable bonds is 5. The number of halogens is 2. The quantitative estimate of drug-likeness (QED) is 0.539. The molecule has 0 spiro atoms. The number of nitrogens with one attached hydrogen (secondary N) is 1. The maximum Gasteiger partial charge on any atom is 0.251 e. The molecule has 0 radical (unpaired) electrons. The predicted molar refractivity (Wildman–Crippen MR) is 117 cm³/mol. The zero-order valence-electron chi connectivity index (χ0n) is 17.4. The molecule has 0 aliphatic heterocycles. The highest BCUT2D eigenvalue weighted by Crippen LogP contribution is 2.47. The number of aromatic nitrogens is 1. The highest BCUT2D eigenvalue weighted by molar-refractivity contribution is 5.94. The first-order chi connectivity index (χ1) is 15.0. The maximum absolute atomic E-state index is 13.8. The number of benzene rings is 2. The molecule has 2 aromatic carbocycles. The molecule has 0 unspecified atom stereocenters. The van der Waals surface area contributed by atoms with Crippen LogP contribution in [0.2, 0.25) is 0 Å². The van der Waals surface area contributed by atoms with Crippen LogP contribution in [0.4, 0.5) is 8.78 Å². The van der Waals surface area contributed by atoms with Crippen molar-refractivity contribution in [1.82, 2.24) is 10.3 Å². The smallest absolute Gasteiger partial charge is 0.251 e. The number of hydrogen-bond acceptors (Lipinski definition) is 2. The lowest BCUT2D eigenvalue weighted by Gasteiger charge is -2.32. The first-order valence-corrected chi connectivity index (χ1v) is 11.1. The molecule has 1 aromatic heterocycles. The molecule has 5 heteroatoms. The average Bonchev–Trinajstić information content (AvgIpc) is 3.53. The van der Waals surface area contributed by atoms with E-state index in [4.69, 9.17) is 0 Å². The lowest BCUT2D eigenvalue weighted by Crippen LogP contribution is -2.38. The Morgan fingerprint density at radius 3 is 2.39 bits per heavy atom. The van der Waals surface area contributed by atoms with Gasteiger partial charge in [0, 0.05) is 22.7 Å². The number of hydrogen-bond donors (Lipinski definition) is 1. The first-order valence-electron chi connectivity index (χ1n) is 11.1. The van der Waals surface area contributed by atoms with Gasteiger partial charge in [0.05, 0.1) is 5.52 Å². The third-order valence-corrected chi connectivity index (χ3v) is 7.04. The number of pyridine rings is 1. The van der Waals surface area contributed by atoms with Crippen LogP contribution in [-0.4, -0.2) is 16.4 Å². The monoisotopic (exact) mass is 420 g/mol. The second-order valence-corrected chi connectivity index (χ2v) is 9.22. The second-order valence-electron chi connectivity index (χ2n) is 9.22. The van der Waals surface area contributed by atoms with E-state index in [1.165, 1.54) is 35.9 Å². The Labute approximate surface area is 180 Å². The molecule has 1 amide bonds. The molecule has 2 saturated carbocycles. The van der Waals surface area contributed by atoms with Gasteiger partial charge >= 0.3 is 0 Å². The third-order valence-electron chi connectivity index (χ3n) is 7.04. The number of carbonyl (C=O) groups excluding carboxylic acids is 1. The standard InChI is InChI=1S/C26H26F2N2O/c27-20-7-5-19(6-8-20)25(31)30-26(12-13-26)16-17-1-3-18(4-2-17)22-11-14-29-24-10-9-21(28)15-23(22)24/h5-11,14-15,17-18H,1-4,12-13,16H2,(H,30,31). The van der Waals surface area contributed by atoms with Gasteiger partial charge in [-0.2, -0.15) is 0 Å². The van der Waals surface area contributed by atoms with Crippen molar-refractivity contribution >= 4 is 16.8 Å². The minimum Gasteiger partial charge on any atom is -0.347 e. The summed E-state index contributed by atoms with van der Waals surface area (Å²) in [6.07, 6.45) is 9.20. The molecule has 31 heavy (non-hydrogen) atoms. The molecule has 160 valence electrons. The Morgan fingerprint density at radius 1 is 0.968 bits per heavy atom. The van der Waals surface area contributed by atoms with E-state index < -0.39 is 0 Å². The summed E-state index contributed by atoms with van der Waals surface area (Å²) in [5.74, 6) is 0.336. The minimum absolute atomic E-state index is 0.102. The Balaban J connectivity index is 1.21. The largest absolute Gasteiger partial charge is 0.347 e. The van der Waals surface area contributed by atoms with Gasteiger partial charge in [0.2, 0.25) is 0 Å². The van der Waals surface area contributed by atoms with Crippen molar-refractivity contribution < 1.29 is 13.6 Å². The van der Waals surface area contributed by atoms with Crippen LogP contribution >= 0.6 is 0 Å². The van der Waals surface area contributed by atoms with Crippen LogP contribution in [0.5, 0.6) is 0 Å². The van der Waals surface area contributed by atoms with Crippen LogP contribution in [0.1, 0.15) is 66.8 Å². The van der Waals surface area contributed by atoms with E-state index in [9.17, 15) is 13.6 Å². The van der Waals surface area contributed by atoms with E-state index >= 15 is 0 Å². The molecule has 0 atom stereocenters. The van der Waals surface area contributed by atoms with Gasteiger partial charge in [-0.1, -0.05) is 0 Å². The fourth-order valence-corrected chi connectivity index (χ4v) is 5.17. The van der Waals surface area contributed by atoms with Gasteiger partial charge in [0.1, 0.15) is 11.6 Å². The SMILES string of the molecule is O=C(NC1(CC2CCC(c3ccnc4ccc(F)cc34)CC2)CC1)c1ccc(F)cc1. The molecule has 0 saturated heterocycles.